The quantitative estimate of drug-likeness (QED) is 0.118. The number of nitrogens with zero attached hydrogens (tertiary/aromatic N) is 10. The Morgan fingerprint density at radius 2 is 0.594 bits per heavy atom. The van der Waals surface area contributed by atoms with Gasteiger partial charge in [-0.1, -0.05) is 237 Å². The molecule has 470 valence electrons. The molecule has 0 radical (unpaired) electrons. The molecule has 0 aliphatic carbocycles. The third kappa shape index (κ3) is 9.58. The first kappa shape index (κ1) is 57.6. The number of benzene rings is 14. The third-order valence-electron chi connectivity index (χ3n) is 20.0. The minimum Gasteiger partial charge on any atom is -0.311 e. The van der Waals surface area contributed by atoms with Crippen LogP contribution < -0.4 is 26.2 Å². The lowest BCUT2D eigenvalue weighted by Gasteiger charge is -2.44. The van der Waals surface area contributed by atoms with E-state index in [-0.39, 0.29) is 6.71 Å². The monoisotopic (exact) mass is 1290 g/mol. The van der Waals surface area contributed by atoms with Gasteiger partial charge in [0.1, 0.15) is 0 Å². The molecule has 4 aromatic heterocycles. The minimum atomic E-state index is -0.0254. The van der Waals surface area contributed by atoms with Gasteiger partial charge < -0.3 is 18.9 Å². The summed E-state index contributed by atoms with van der Waals surface area (Å²) in [6.45, 7) is -0.0254. The smallest absolute Gasteiger partial charge is 0.252 e. The zero-order valence-corrected chi connectivity index (χ0v) is 54.5. The Labute approximate surface area is 582 Å². The van der Waals surface area contributed by atoms with Crippen molar-refractivity contribution in [1.82, 2.24) is 39.0 Å². The minimum absolute atomic E-state index is 0.0254. The Bertz CT molecular complexity index is 6110. The molecule has 0 amide bonds. The van der Waals surface area contributed by atoms with Crippen molar-refractivity contribution in [1.29, 1.82) is 0 Å². The molecule has 6 heterocycles. The zero-order chi connectivity index (χ0) is 66.5. The van der Waals surface area contributed by atoms with Crippen LogP contribution in [0.4, 0.5) is 34.1 Å². The number of rotatable bonds is 11. The van der Waals surface area contributed by atoms with Crippen molar-refractivity contribution in [3.63, 3.8) is 0 Å². The van der Waals surface area contributed by atoms with E-state index in [9.17, 15) is 0 Å². The van der Waals surface area contributed by atoms with Crippen LogP contribution in [0.5, 0.6) is 0 Å². The summed E-state index contributed by atoms with van der Waals surface area (Å²) in [4.78, 5) is 37.5. The topological polar surface area (TPSA) is 93.7 Å². The van der Waals surface area contributed by atoms with Gasteiger partial charge in [0.2, 0.25) is 0 Å². The summed E-state index contributed by atoms with van der Waals surface area (Å²) in [5, 5.41) is 4.59. The van der Waals surface area contributed by atoms with Gasteiger partial charge in [0.15, 0.2) is 34.9 Å². The number of fused-ring (bicyclic) bond motifs is 10. The van der Waals surface area contributed by atoms with E-state index in [0.717, 1.165) is 123 Å². The van der Waals surface area contributed by atoms with Crippen molar-refractivity contribution >= 4 is 101 Å². The van der Waals surface area contributed by atoms with Crippen molar-refractivity contribution in [2.75, 3.05) is 9.80 Å². The highest BCUT2D eigenvalue weighted by molar-refractivity contribution is 7.00. The van der Waals surface area contributed by atoms with E-state index < -0.39 is 0 Å². The average Bonchev–Trinajstić information content (AvgIpc) is 1.33. The van der Waals surface area contributed by atoms with Gasteiger partial charge in [0.05, 0.1) is 27.8 Å². The molecule has 2 aliphatic rings. The highest BCUT2D eigenvalue weighted by atomic mass is 15.2. The first-order valence-corrected chi connectivity index (χ1v) is 34.1. The fourth-order valence-electron chi connectivity index (χ4n) is 15.5. The van der Waals surface area contributed by atoms with Gasteiger partial charge >= 0.3 is 0 Å². The van der Waals surface area contributed by atoms with Gasteiger partial charge in [-0.2, -0.15) is 0 Å². The molecule has 0 bridgehead atoms. The first-order chi connectivity index (χ1) is 50.1. The van der Waals surface area contributed by atoms with Crippen molar-refractivity contribution in [3.05, 3.63) is 346 Å². The van der Waals surface area contributed by atoms with Crippen molar-refractivity contribution in [3.8, 4) is 90.8 Å². The van der Waals surface area contributed by atoms with E-state index in [0.29, 0.717) is 34.9 Å². The second-order valence-electron chi connectivity index (χ2n) is 25.8. The Morgan fingerprint density at radius 3 is 1.11 bits per heavy atom. The fourth-order valence-corrected chi connectivity index (χ4v) is 15.5. The molecule has 18 aromatic rings. The molecule has 11 heteroatoms. The maximum Gasteiger partial charge on any atom is 0.252 e. The average molecular weight is 1290 g/mol. The lowest BCUT2D eigenvalue weighted by Crippen LogP contribution is -2.61. The molecular formula is C90H57BN10. The Hall–Kier alpha value is -13.6. The van der Waals surface area contributed by atoms with Crippen LogP contribution in [0.2, 0.25) is 0 Å². The molecular weight excluding hydrogens is 1230 g/mol. The number of para-hydroxylation sites is 7. The second-order valence-corrected chi connectivity index (χ2v) is 25.8. The summed E-state index contributed by atoms with van der Waals surface area (Å²) in [6, 6.07) is 123. The van der Waals surface area contributed by atoms with Crippen LogP contribution in [0.15, 0.2) is 346 Å². The number of hydrogen-bond acceptors (Lipinski definition) is 8. The maximum atomic E-state index is 5.73. The van der Waals surface area contributed by atoms with Crippen LogP contribution in [-0.2, 0) is 0 Å². The van der Waals surface area contributed by atoms with Crippen LogP contribution >= 0.6 is 0 Å². The summed E-state index contributed by atoms with van der Waals surface area (Å²) in [6.07, 6.45) is 0. The van der Waals surface area contributed by atoms with Crippen molar-refractivity contribution in [2.24, 2.45) is 0 Å². The van der Waals surface area contributed by atoms with Gasteiger partial charge in [-0.15, -0.1) is 0 Å². The lowest BCUT2D eigenvalue weighted by atomic mass is 9.33. The molecule has 2 aliphatic heterocycles. The number of aromatic nitrogens is 8. The third-order valence-corrected chi connectivity index (χ3v) is 20.0. The number of anilines is 6. The summed E-state index contributed by atoms with van der Waals surface area (Å²) in [5.41, 5.74) is 23.7. The van der Waals surface area contributed by atoms with Crippen LogP contribution in [-0.4, -0.2) is 45.8 Å². The molecule has 0 fully saturated rings. The SMILES string of the molecule is c1ccc(-c2nc(-c3ccccc3)nc(-c3ccc(-n4c5ccccc5c5cc6c7ccccc7n(-c7ccccc7)c6cc54)c(-c4nc(-c5ccccc5)nc(-c5cccc(-c6cc7c8c(c6)N(c6ccccc6)c6ccccc6B8c6ccccc6N7c6ccccc6)c5)n4)c3)n2)cc1. The zero-order valence-electron chi connectivity index (χ0n) is 54.5. The van der Waals surface area contributed by atoms with Gasteiger partial charge in [0.25, 0.3) is 6.71 Å². The normalized spacial score (nSPS) is 12.3. The van der Waals surface area contributed by atoms with Crippen LogP contribution in [0.25, 0.3) is 134 Å². The number of hydrogen-bond donors (Lipinski definition) is 0. The standard InChI is InChI=1S/C90H57BN10/c1-7-28-58(29-8-1)85-92-86(59-30-9-2-10-31-59)94-89(93-85)63-50-51-77(101-76-47-24-20-43-69(76)71-56-70-68-42-19-23-46-75(68)98(80(70)57-81(71)101)65-36-13-4-14-37-65)72(53-63)90-96-87(60-32-11-3-12-33-60)95-88(97-90)62-35-27-34-61(52-62)64-54-82-84-83(55-64)100(67-40-17-6-18-41-67)79-49-26-22-45-74(79)91(84)73-44-21-25-48-78(73)99(82)66-38-15-5-16-39-66/h1-57H. The van der Waals surface area contributed by atoms with Crippen molar-refractivity contribution in [2.45, 2.75) is 0 Å². The van der Waals surface area contributed by atoms with Gasteiger partial charge in [-0.3, -0.25) is 0 Å². The molecule has 0 saturated heterocycles. The van der Waals surface area contributed by atoms with Crippen LogP contribution in [0.3, 0.4) is 0 Å². The highest BCUT2D eigenvalue weighted by Gasteiger charge is 2.43. The second kappa shape index (κ2) is 23.6. The molecule has 0 saturated carbocycles. The molecule has 0 N–H and O–H groups in total. The van der Waals surface area contributed by atoms with Crippen LogP contribution in [0.1, 0.15) is 0 Å². The lowest BCUT2D eigenvalue weighted by molar-refractivity contribution is 1.06. The molecule has 101 heavy (non-hydrogen) atoms. The Kier molecular flexibility index (Phi) is 13.4. The fraction of sp³-hybridized carbons (Fsp3) is 0. The summed E-state index contributed by atoms with van der Waals surface area (Å²) >= 11 is 0. The summed E-state index contributed by atoms with van der Waals surface area (Å²) in [5.74, 6) is 3.15. The molecule has 0 spiro atoms. The molecule has 20 rings (SSSR count). The highest BCUT2D eigenvalue weighted by Crippen LogP contribution is 2.48. The summed E-state index contributed by atoms with van der Waals surface area (Å²) in [7, 11) is 0. The predicted octanol–water partition coefficient (Wildman–Crippen LogP) is 20.0. The van der Waals surface area contributed by atoms with Crippen LogP contribution in [0, 0.1) is 0 Å². The van der Waals surface area contributed by atoms with E-state index in [4.69, 9.17) is 29.9 Å². The molecule has 10 nitrogen and oxygen atoms in total. The van der Waals surface area contributed by atoms with Crippen molar-refractivity contribution < 1.29 is 0 Å². The van der Waals surface area contributed by atoms with E-state index >= 15 is 0 Å². The summed E-state index contributed by atoms with van der Waals surface area (Å²) < 4.78 is 4.78. The van der Waals surface area contributed by atoms with Gasteiger partial charge in [-0.05, 0) is 137 Å². The van der Waals surface area contributed by atoms with E-state index in [1.165, 1.54) is 27.2 Å². The van der Waals surface area contributed by atoms with Gasteiger partial charge in [-0.25, -0.2) is 29.9 Å². The molecule has 0 atom stereocenters. The van der Waals surface area contributed by atoms with Gasteiger partial charge in [0, 0.05) is 94.7 Å². The van der Waals surface area contributed by atoms with E-state index in [2.05, 4.69) is 286 Å². The first-order valence-electron chi connectivity index (χ1n) is 34.1. The van der Waals surface area contributed by atoms with E-state index in [1.54, 1.807) is 0 Å². The maximum absolute atomic E-state index is 5.73. The Morgan fingerprint density at radius 1 is 0.208 bits per heavy atom. The molecule has 14 aromatic carbocycles. The molecule has 0 unspecified atom stereocenters. The predicted molar refractivity (Wildman–Crippen MR) is 414 cm³/mol. The largest absolute Gasteiger partial charge is 0.311 e. The van der Waals surface area contributed by atoms with E-state index in [1.807, 2.05) is 78.9 Å². The Balaban J connectivity index is 0.832.